The summed E-state index contributed by atoms with van der Waals surface area (Å²) in [6.45, 7) is 2.55. The van der Waals surface area contributed by atoms with Crippen LogP contribution in [-0.2, 0) is 6.54 Å². The van der Waals surface area contributed by atoms with Gasteiger partial charge in [0.15, 0.2) is 0 Å². The van der Waals surface area contributed by atoms with Crippen molar-refractivity contribution in [2.75, 3.05) is 7.11 Å². The van der Waals surface area contributed by atoms with Crippen molar-refractivity contribution < 1.29 is 14.2 Å². The molecule has 0 bridgehead atoms. The average molecular weight is 289 g/mol. The minimum Gasteiger partial charge on any atom is -0.508 e. The molecule has 0 radical (unpaired) electrons. The number of aromatic hydroxyl groups is 1. The number of phenols is 1. The van der Waals surface area contributed by atoms with Crippen LogP contribution in [0.1, 0.15) is 30.5 Å². The van der Waals surface area contributed by atoms with E-state index in [0.717, 1.165) is 23.8 Å². The maximum Gasteiger partial charge on any atom is 0.127 e. The fraction of sp³-hybridized carbons (Fsp3) is 0.294. The molecule has 0 aliphatic carbocycles. The van der Waals surface area contributed by atoms with Crippen molar-refractivity contribution in [2.24, 2.45) is 0 Å². The number of para-hydroxylation sites is 1. The third-order valence-electron chi connectivity index (χ3n) is 3.42. The van der Waals surface area contributed by atoms with Gasteiger partial charge in [0.1, 0.15) is 17.3 Å². The molecule has 0 saturated heterocycles. The first-order valence-corrected chi connectivity index (χ1v) is 6.98. The van der Waals surface area contributed by atoms with E-state index in [0.29, 0.717) is 12.1 Å². The van der Waals surface area contributed by atoms with Crippen LogP contribution >= 0.6 is 0 Å². The van der Waals surface area contributed by atoms with Gasteiger partial charge in [-0.05, 0) is 30.2 Å². The molecule has 2 rings (SSSR count). The Balaban J connectivity index is 2.12. The van der Waals surface area contributed by atoms with Gasteiger partial charge in [0.2, 0.25) is 0 Å². The minimum atomic E-state index is -0.433. The molecule has 1 unspecified atom stereocenters. The van der Waals surface area contributed by atoms with Gasteiger partial charge in [0.25, 0.3) is 0 Å². The van der Waals surface area contributed by atoms with Crippen molar-refractivity contribution in [3.63, 3.8) is 0 Å². The van der Waals surface area contributed by atoms with E-state index >= 15 is 0 Å². The van der Waals surface area contributed by atoms with E-state index in [4.69, 9.17) is 4.74 Å². The Hall–Kier alpha value is -2.07. The number of hydrogen-bond acceptors (Lipinski definition) is 3. The lowest BCUT2D eigenvalue weighted by molar-refractivity contribution is 0.396. The molecule has 21 heavy (non-hydrogen) atoms. The van der Waals surface area contributed by atoms with Gasteiger partial charge in [-0.2, -0.15) is 0 Å². The molecule has 1 atom stereocenters. The number of methoxy groups -OCH3 is 1. The maximum atomic E-state index is 13.3. The van der Waals surface area contributed by atoms with Crippen LogP contribution in [0.25, 0.3) is 0 Å². The van der Waals surface area contributed by atoms with E-state index in [1.165, 1.54) is 6.07 Å². The van der Waals surface area contributed by atoms with Crippen LogP contribution in [-0.4, -0.2) is 12.2 Å². The summed E-state index contributed by atoms with van der Waals surface area (Å²) in [5.74, 6) is 0.341. The molecule has 0 saturated carbocycles. The molecule has 0 amide bonds. The number of rotatable bonds is 6. The smallest absolute Gasteiger partial charge is 0.127 e. The van der Waals surface area contributed by atoms with Gasteiger partial charge in [-0.1, -0.05) is 25.1 Å². The highest BCUT2D eigenvalue weighted by Crippen LogP contribution is 2.27. The highest BCUT2D eigenvalue weighted by molar-refractivity contribution is 5.36. The Bertz CT molecular complexity index is 581. The van der Waals surface area contributed by atoms with Gasteiger partial charge < -0.3 is 15.2 Å². The Morgan fingerprint density at radius 1 is 1.24 bits per heavy atom. The van der Waals surface area contributed by atoms with Crippen molar-refractivity contribution in [3.8, 4) is 11.5 Å². The predicted molar refractivity (Wildman–Crippen MR) is 80.9 cm³/mol. The number of halogens is 1. The molecule has 0 aromatic heterocycles. The van der Waals surface area contributed by atoms with Crippen LogP contribution < -0.4 is 10.1 Å². The molecule has 112 valence electrons. The minimum absolute atomic E-state index is 0.0582. The topological polar surface area (TPSA) is 41.5 Å². The van der Waals surface area contributed by atoms with Crippen LogP contribution in [0.15, 0.2) is 42.5 Å². The number of benzene rings is 2. The van der Waals surface area contributed by atoms with Crippen LogP contribution in [0.2, 0.25) is 0 Å². The summed E-state index contributed by atoms with van der Waals surface area (Å²) < 4.78 is 18.6. The Morgan fingerprint density at radius 3 is 2.67 bits per heavy atom. The average Bonchev–Trinajstić information content (AvgIpc) is 2.47. The summed E-state index contributed by atoms with van der Waals surface area (Å²) in [4.78, 5) is 0. The molecule has 2 aromatic carbocycles. The van der Waals surface area contributed by atoms with E-state index in [9.17, 15) is 9.50 Å². The lowest BCUT2D eigenvalue weighted by atomic mass is 10.0. The summed E-state index contributed by atoms with van der Waals surface area (Å²) in [5.41, 5.74) is 1.78. The molecular weight excluding hydrogens is 269 g/mol. The van der Waals surface area contributed by atoms with Crippen molar-refractivity contribution >= 4 is 0 Å². The third-order valence-corrected chi connectivity index (χ3v) is 3.42. The zero-order valence-corrected chi connectivity index (χ0v) is 12.3. The molecule has 2 N–H and O–H groups in total. The van der Waals surface area contributed by atoms with E-state index in [1.54, 1.807) is 13.2 Å². The van der Waals surface area contributed by atoms with Gasteiger partial charge in [0.05, 0.1) is 7.11 Å². The second-order valence-corrected chi connectivity index (χ2v) is 4.90. The van der Waals surface area contributed by atoms with Gasteiger partial charge >= 0.3 is 0 Å². The Kier molecular flexibility index (Phi) is 5.17. The molecule has 4 heteroatoms. The number of ether oxygens (including phenoxy) is 1. The lowest BCUT2D eigenvalue weighted by Crippen LogP contribution is -2.20. The summed E-state index contributed by atoms with van der Waals surface area (Å²) in [5, 5.41) is 12.8. The first-order valence-electron chi connectivity index (χ1n) is 6.98. The normalized spacial score (nSPS) is 12.1. The number of phenolic OH excluding ortho intramolecular Hbond substituents is 1. The highest BCUT2D eigenvalue weighted by atomic mass is 19.1. The molecule has 0 aliphatic rings. The van der Waals surface area contributed by atoms with E-state index in [2.05, 4.69) is 12.2 Å². The molecule has 0 spiro atoms. The zero-order valence-electron chi connectivity index (χ0n) is 12.3. The number of hydrogen-bond donors (Lipinski definition) is 2. The molecule has 3 nitrogen and oxygen atoms in total. The van der Waals surface area contributed by atoms with Gasteiger partial charge in [-0.25, -0.2) is 4.39 Å². The molecule has 0 aliphatic heterocycles. The largest absolute Gasteiger partial charge is 0.508 e. The Labute approximate surface area is 124 Å². The first kappa shape index (κ1) is 15.3. The maximum absolute atomic E-state index is 13.3. The van der Waals surface area contributed by atoms with Gasteiger partial charge in [0, 0.05) is 24.2 Å². The van der Waals surface area contributed by atoms with Crippen molar-refractivity contribution in [2.45, 2.75) is 25.9 Å². The van der Waals surface area contributed by atoms with Crippen LogP contribution in [0.3, 0.4) is 0 Å². The standard InChI is InChI=1S/C17H20FNO2/c1-3-16(15-6-4-5-7-17(15)21-2)19-11-12-8-13(18)10-14(20)9-12/h4-10,16,19-20H,3,11H2,1-2H3. The van der Waals surface area contributed by atoms with Crippen molar-refractivity contribution in [3.05, 3.63) is 59.4 Å². The van der Waals surface area contributed by atoms with Crippen LogP contribution in [0.4, 0.5) is 4.39 Å². The zero-order chi connectivity index (χ0) is 15.2. The second kappa shape index (κ2) is 7.09. The summed E-state index contributed by atoms with van der Waals surface area (Å²) in [6, 6.07) is 12.0. The summed E-state index contributed by atoms with van der Waals surface area (Å²) in [7, 11) is 1.65. The van der Waals surface area contributed by atoms with E-state index in [1.807, 2.05) is 24.3 Å². The lowest BCUT2D eigenvalue weighted by Gasteiger charge is -2.20. The molecule has 0 heterocycles. The van der Waals surface area contributed by atoms with Crippen LogP contribution in [0.5, 0.6) is 11.5 Å². The van der Waals surface area contributed by atoms with Crippen LogP contribution in [0, 0.1) is 5.82 Å². The highest BCUT2D eigenvalue weighted by Gasteiger charge is 2.13. The van der Waals surface area contributed by atoms with Crippen molar-refractivity contribution in [1.29, 1.82) is 0 Å². The summed E-state index contributed by atoms with van der Waals surface area (Å²) in [6.07, 6.45) is 0.877. The fourth-order valence-corrected chi connectivity index (χ4v) is 2.40. The first-order chi connectivity index (χ1) is 10.1. The predicted octanol–water partition coefficient (Wildman–Crippen LogP) is 3.78. The Morgan fingerprint density at radius 2 is 2.00 bits per heavy atom. The SMILES string of the molecule is CCC(NCc1cc(O)cc(F)c1)c1ccccc1OC. The molecular formula is C17H20FNO2. The van der Waals surface area contributed by atoms with E-state index in [-0.39, 0.29) is 11.8 Å². The van der Waals surface area contributed by atoms with Gasteiger partial charge in [-0.15, -0.1) is 0 Å². The monoisotopic (exact) mass is 289 g/mol. The quantitative estimate of drug-likeness (QED) is 0.850. The summed E-state index contributed by atoms with van der Waals surface area (Å²) >= 11 is 0. The molecule has 2 aromatic rings. The third kappa shape index (κ3) is 3.95. The number of nitrogens with one attached hydrogen (secondary N) is 1. The van der Waals surface area contributed by atoms with E-state index < -0.39 is 5.82 Å². The second-order valence-electron chi connectivity index (χ2n) is 4.90. The fourth-order valence-electron chi connectivity index (χ4n) is 2.40. The van der Waals surface area contributed by atoms with Gasteiger partial charge in [-0.3, -0.25) is 0 Å². The van der Waals surface area contributed by atoms with Crippen molar-refractivity contribution in [1.82, 2.24) is 5.32 Å². The molecule has 0 fully saturated rings.